The van der Waals surface area contributed by atoms with Crippen LogP contribution in [0, 0.1) is 0 Å². The molecule has 0 aromatic heterocycles. The first-order valence-electron chi connectivity index (χ1n) is 21.8. The second-order valence-corrected chi connectivity index (χ2v) is 16.5. The fourth-order valence-corrected chi connectivity index (χ4v) is 8.51. The fraction of sp³-hybridized carbons (Fsp3) is 0.617. The molecule has 11 atom stereocenters. The summed E-state index contributed by atoms with van der Waals surface area (Å²) in [5.74, 6) is 0.294. The van der Waals surface area contributed by atoms with E-state index in [9.17, 15) is 20.4 Å². The van der Waals surface area contributed by atoms with Crippen LogP contribution < -0.4 is 5.32 Å². The van der Waals surface area contributed by atoms with Gasteiger partial charge in [0.25, 0.3) is 0 Å². The van der Waals surface area contributed by atoms with E-state index in [4.69, 9.17) is 28.4 Å². The first-order valence-corrected chi connectivity index (χ1v) is 21.8. The van der Waals surface area contributed by atoms with Crippen LogP contribution in [-0.2, 0) is 35.0 Å². The summed E-state index contributed by atoms with van der Waals surface area (Å²) in [6.07, 6.45) is 7.94. The van der Waals surface area contributed by atoms with Gasteiger partial charge in [-0.25, -0.2) is 0 Å². The standard InChI is InChI=1S/C47H67NO10/c1-3-35-27-38(56-46(55-35)41-22-7-9-24-43(41)51)20-13-21-39-29-40(58-47(57-39)42-23-8-10-25-44(42)52)26-34(50)17-12-19-37-28-36(18-11-14-32(2)49)53-45(54-37)31-48-30-33-15-5-4-6-16-33/h4-10,15-16,22-25,32,34-40,45-52H,3,11-14,17-21,26-31H2,1-2H3. The van der Waals surface area contributed by atoms with E-state index in [2.05, 4.69) is 24.4 Å². The molecule has 0 aliphatic carbocycles. The number of para-hydroxylation sites is 2. The number of aromatic hydroxyl groups is 2. The highest BCUT2D eigenvalue weighted by Gasteiger charge is 2.36. The number of rotatable bonds is 21. The van der Waals surface area contributed by atoms with Crippen molar-refractivity contribution in [1.82, 2.24) is 5.32 Å². The van der Waals surface area contributed by atoms with E-state index in [1.165, 1.54) is 5.56 Å². The molecule has 3 aliphatic heterocycles. The lowest BCUT2D eigenvalue weighted by Crippen LogP contribution is -2.43. The van der Waals surface area contributed by atoms with Crippen molar-refractivity contribution in [3.8, 4) is 11.5 Å². The molecule has 0 amide bonds. The summed E-state index contributed by atoms with van der Waals surface area (Å²) >= 11 is 0. The minimum Gasteiger partial charge on any atom is -0.507 e. The monoisotopic (exact) mass is 805 g/mol. The van der Waals surface area contributed by atoms with Crippen LogP contribution in [0.5, 0.6) is 11.5 Å². The van der Waals surface area contributed by atoms with Gasteiger partial charge in [-0.3, -0.25) is 0 Å². The number of nitrogens with one attached hydrogen (secondary N) is 1. The fourth-order valence-electron chi connectivity index (χ4n) is 8.51. The molecule has 11 heteroatoms. The molecule has 3 fully saturated rings. The van der Waals surface area contributed by atoms with Gasteiger partial charge in [-0.15, -0.1) is 0 Å². The smallest absolute Gasteiger partial charge is 0.188 e. The molecule has 11 unspecified atom stereocenters. The van der Waals surface area contributed by atoms with Crippen molar-refractivity contribution in [2.24, 2.45) is 0 Å². The van der Waals surface area contributed by atoms with Gasteiger partial charge in [-0.2, -0.15) is 0 Å². The summed E-state index contributed by atoms with van der Waals surface area (Å²) in [4.78, 5) is 0. The molecular formula is C47H67NO10. The zero-order valence-electron chi connectivity index (χ0n) is 34.4. The number of benzene rings is 3. The quantitative estimate of drug-likeness (QED) is 0.0706. The third kappa shape index (κ3) is 14.0. The lowest BCUT2D eigenvalue weighted by molar-refractivity contribution is -0.257. The van der Waals surface area contributed by atoms with Crippen LogP contribution in [0.4, 0.5) is 0 Å². The second-order valence-electron chi connectivity index (χ2n) is 16.5. The Morgan fingerprint density at radius 2 is 1.07 bits per heavy atom. The topological polar surface area (TPSA) is 148 Å². The highest BCUT2D eigenvalue weighted by Crippen LogP contribution is 2.39. The minimum absolute atomic E-state index is 0.0187. The maximum atomic E-state index is 11.3. The Labute approximate surface area is 345 Å². The van der Waals surface area contributed by atoms with Gasteiger partial charge in [0, 0.05) is 43.5 Å². The zero-order chi connectivity index (χ0) is 40.7. The summed E-state index contributed by atoms with van der Waals surface area (Å²) in [6, 6.07) is 24.6. The second kappa shape index (κ2) is 23.0. The summed E-state index contributed by atoms with van der Waals surface area (Å²) in [5, 5.41) is 45.8. The van der Waals surface area contributed by atoms with E-state index in [-0.39, 0.29) is 60.5 Å². The van der Waals surface area contributed by atoms with E-state index >= 15 is 0 Å². The molecule has 3 saturated heterocycles. The summed E-state index contributed by atoms with van der Waals surface area (Å²) in [7, 11) is 0. The van der Waals surface area contributed by atoms with Gasteiger partial charge in [0.05, 0.1) is 48.8 Å². The molecule has 0 spiro atoms. The summed E-state index contributed by atoms with van der Waals surface area (Å²) < 4.78 is 38.2. The van der Waals surface area contributed by atoms with E-state index in [0.29, 0.717) is 36.9 Å². The molecule has 3 aliphatic rings. The maximum absolute atomic E-state index is 11.3. The van der Waals surface area contributed by atoms with Crippen LogP contribution in [0.3, 0.4) is 0 Å². The highest BCUT2D eigenvalue weighted by molar-refractivity contribution is 5.33. The first kappa shape index (κ1) is 44.5. The van der Waals surface area contributed by atoms with Crippen LogP contribution in [0.2, 0.25) is 0 Å². The third-order valence-corrected chi connectivity index (χ3v) is 11.6. The van der Waals surface area contributed by atoms with Crippen LogP contribution in [0.1, 0.15) is 133 Å². The van der Waals surface area contributed by atoms with E-state index in [1.807, 2.05) is 49.4 Å². The third-order valence-electron chi connectivity index (χ3n) is 11.6. The molecule has 58 heavy (non-hydrogen) atoms. The van der Waals surface area contributed by atoms with Crippen molar-refractivity contribution in [3.05, 3.63) is 95.6 Å². The molecule has 5 N–H and O–H groups in total. The van der Waals surface area contributed by atoms with Crippen molar-refractivity contribution >= 4 is 0 Å². The molecule has 6 rings (SSSR count). The predicted molar refractivity (Wildman–Crippen MR) is 221 cm³/mol. The Balaban J connectivity index is 0.995. The van der Waals surface area contributed by atoms with Crippen LogP contribution in [-0.4, -0.2) is 82.1 Å². The summed E-state index contributed by atoms with van der Waals surface area (Å²) in [6.45, 7) is 5.25. The Morgan fingerprint density at radius 1 is 0.586 bits per heavy atom. The number of aliphatic hydroxyl groups is 2. The van der Waals surface area contributed by atoms with Crippen molar-refractivity contribution < 1.29 is 48.8 Å². The number of phenolic OH excluding ortho intramolecular Hbond substituents is 2. The van der Waals surface area contributed by atoms with Gasteiger partial charge in [0.15, 0.2) is 18.9 Å². The van der Waals surface area contributed by atoms with Gasteiger partial charge < -0.3 is 54.2 Å². The van der Waals surface area contributed by atoms with E-state index in [1.54, 1.807) is 24.3 Å². The first-order chi connectivity index (χ1) is 28.2. The van der Waals surface area contributed by atoms with Gasteiger partial charge in [-0.1, -0.05) is 73.7 Å². The highest BCUT2D eigenvalue weighted by atomic mass is 16.7. The normalized spacial score (nSPS) is 28.9. The number of phenols is 2. The van der Waals surface area contributed by atoms with Crippen LogP contribution in [0.15, 0.2) is 78.9 Å². The number of hydrogen-bond acceptors (Lipinski definition) is 11. The van der Waals surface area contributed by atoms with E-state index in [0.717, 1.165) is 77.2 Å². The molecule has 0 bridgehead atoms. The van der Waals surface area contributed by atoms with Crippen LogP contribution in [0.25, 0.3) is 0 Å². The molecule has 3 aromatic carbocycles. The molecule has 3 heterocycles. The molecule has 0 saturated carbocycles. The zero-order valence-corrected chi connectivity index (χ0v) is 34.4. The molecule has 3 aromatic rings. The van der Waals surface area contributed by atoms with Crippen molar-refractivity contribution in [2.45, 2.75) is 178 Å². The molecule has 11 nitrogen and oxygen atoms in total. The van der Waals surface area contributed by atoms with Crippen LogP contribution >= 0.6 is 0 Å². The Bertz CT molecular complexity index is 1610. The minimum atomic E-state index is -0.736. The van der Waals surface area contributed by atoms with Gasteiger partial charge in [0.1, 0.15) is 11.5 Å². The number of aliphatic hydroxyl groups excluding tert-OH is 2. The lowest BCUT2D eigenvalue weighted by Gasteiger charge is -2.38. The molecule has 0 radical (unpaired) electrons. The van der Waals surface area contributed by atoms with E-state index < -0.39 is 18.7 Å². The van der Waals surface area contributed by atoms with Crippen molar-refractivity contribution in [3.63, 3.8) is 0 Å². The van der Waals surface area contributed by atoms with Gasteiger partial charge in [-0.05, 0) is 95.2 Å². The Morgan fingerprint density at radius 3 is 1.66 bits per heavy atom. The number of ether oxygens (including phenoxy) is 6. The largest absolute Gasteiger partial charge is 0.507 e. The lowest BCUT2D eigenvalue weighted by atomic mass is 9.95. The predicted octanol–water partition coefficient (Wildman–Crippen LogP) is 8.49. The Kier molecular flexibility index (Phi) is 17.7. The summed E-state index contributed by atoms with van der Waals surface area (Å²) in [5.41, 5.74) is 2.44. The molecule has 320 valence electrons. The van der Waals surface area contributed by atoms with Crippen molar-refractivity contribution in [2.75, 3.05) is 6.54 Å². The maximum Gasteiger partial charge on any atom is 0.188 e. The SMILES string of the molecule is CCC1CC(CCCC2CC(CC(O)CCCC3CC(CCCC(C)O)OC(CNCc4ccccc4)O3)OC(c3ccccc3O)O2)OC(c2ccccc2O)O1. The Hall–Kier alpha value is -3.10. The average molecular weight is 806 g/mol. The molecular weight excluding hydrogens is 739 g/mol. The van der Waals surface area contributed by atoms with Gasteiger partial charge in [0.2, 0.25) is 0 Å². The van der Waals surface area contributed by atoms with Gasteiger partial charge >= 0.3 is 0 Å². The number of hydrogen-bond donors (Lipinski definition) is 5. The average Bonchev–Trinajstić information content (AvgIpc) is 3.21. The van der Waals surface area contributed by atoms with Crippen molar-refractivity contribution in [1.29, 1.82) is 0 Å².